The number of fused-ring (bicyclic) bond motifs is 1. The van der Waals surface area contributed by atoms with Crippen molar-refractivity contribution in [3.63, 3.8) is 0 Å². The van der Waals surface area contributed by atoms with Gasteiger partial charge in [0.05, 0.1) is 36.1 Å². The highest BCUT2D eigenvalue weighted by molar-refractivity contribution is 9.10. The van der Waals surface area contributed by atoms with Crippen LogP contribution in [0.1, 0.15) is 5.56 Å². The summed E-state index contributed by atoms with van der Waals surface area (Å²) >= 11 is 9.69. The molecule has 0 spiro atoms. The summed E-state index contributed by atoms with van der Waals surface area (Å²) in [6.07, 6.45) is 1.66. The van der Waals surface area contributed by atoms with Crippen molar-refractivity contribution >= 4 is 50.6 Å². The van der Waals surface area contributed by atoms with Gasteiger partial charge in [0.1, 0.15) is 0 Å². The minimum absolute atomic E-state index is 0.379. The molecule has 0 radical (unpaired) electrons. The Morgan fingerprint density at radius 3 is 2.55 bits per heavy atom. The highest BCUT2D eigenvalue weighted by atomic mass is 79.9. The lowest BCUT2D eigenvalue weighted by molar-refractivity contribution is 0.353. The summed E-state index contributed by atoms with van der Waals surface area (Å²) in [5.41, 5.74) is 6.25. The summed E-state index contributed by atoms with van der Waals surface area (Å²) in [5, 5.41) is 5.80. The first-order valence-corrected chi connectivity index (χ1v) is 10.5. The van der Waals surface area contributed by atoms with Gasteiger partial charge in [0, 0.05) is 16.0 Å². The van der Waals surface area contributed by atoms with Crippen LogP contribution in [0.5, 0.6) is 11.5 Å². The van der Waals surface area contributed by atoms with Gasteiger partial charge in [0.15, 0.2) is 11.5 Å². The molecule has 0 unspecified atom stereocenters. The molecule has 0 aliphatic carbocycles. The first-order valence-electron chi connectivity index (χ1n) is 9.32. The topological polar surface area (TPSA) is 68.6 Å². The van der Waals surface area contributed by atoms with Gasteiger partial charge in [-0.15, -0.1) is 0 Å². The van der Waals surface area contributed by atoms with Gasteiger partial charge in [-0.2, -0.15) is 5.10 Å². The van der Waals surface area contributed by atoms with Gasteiger partial charge in [0.2, 0.25) is 5.95 Å². The molecule has 1 N–H and O–H groups in total. The molecule has 0 aliphatic rings. The molecule has 0 bridgehead atoms. The number of benzene rings is 3. The Bertz CT molecular complexity index is 1270. The lowest BCUT2D eigenvalue weighted by Crippen LogP contribution is -2.00. The second kappa shape index (κ2) is 9.32. The Morgan fingerprint density at radius 2 is 1.81 bits per heavy atom. The summed E-state index contributed by atoms with van der Waals surface area (Å²) in [4.78, 5) is 9.24. The van der Waals surface area contributed by atoms with Crippen LogP contribution in [-0.4, -0.2) is 30.4 Å². The largest absolute Gasteiger partial charge is 0.493 e. The van der Waals surface area contributed by atoms with Crippen LogP contribution in [0, 0.1) is 0 Å². The number of halogens is 2. The number of rotatable bonds is 6. The van der Waals surface area contributed by atoms with Gasteiger partial charge in [0.25, 0.3) is 0 Å². The Balaban J connectivity index is 1.68. The molecule has 156 valence electrons. The van der Waals surface area contributed by atoms with E-state index in [0.29, 0.717) is 22.5 Å². The molecule has 3 aromatic carbocycles. The molecule has 0 atom stereocenters. The van der Waals surface area contributed by atoms with E-state index in [9.17, 15) is 0 Å². The second-order valence-corrected chi connectivity index (χ2v) is 7.82. The molecule has 0 amide bonds. The number of hydrogen-bond acceptors (Lipinski definition) is 6. The number of anilines is 1. The minimum Gasteiger partial charge on any atom is -0.493 e. The van der Waals surface area contributed by atoms with E-state index in [1.807, 2.05) is 54.6 Å². The van der Waals surface area contributed by atoms with Crippen molar-refractivity contribution in [2.24, 2.45) is 5.10 Å². The summed E-state index contributed by atoms with van der Waals surface area (Å²) < 4.78 is 11.5. The predicted molar refractivity (Wildman–Crippen MR) is 128 cm³/mol. The molecule has 0 fully saturated rings. The van der Waals surface area contributed by atoms with Crippen LogP contribution in [0.15, 0.2) is 70.2 Å². The Labute approximate surface area is 193 Å². The Morgan fingerprint density at radius 1 is 1.00 bits per heavy atom. The van der Waals surface area contributed by atoms with E-state index in [2.05, 4.69) is 36.4 Å². The molecule has 1 aromatic heterocycles. The molecular weight excluding hydrogens is 480 g/mol. The fourth-order valence-corrected chi connectivity index (χ4v) is 3.94. The number of nitrogens with one attached hydrogen (secondary N) is 1. The average Bonchev–Trinajstić information content (AvgIpc) is 2.79. The predicted octanol–water partition coefficient (Wildman–Crippen LogP) is 6.18. The van der Waals surface area contributed by atoms with Crippen molar-refractivity contribution in [1.82, 2.24) is 9.97 Å². The van der Waals surface area contributed by atoms with E-state index >= 15 is 0 Å². The fraction of sp³-hybridized carbons (Fsp3) is 0.0870. The molecule has 1 heterocycles. The number of hydrazone groups is 1. The minimum atomic E-state index is 0.379. The van der Waals surface area contributed by atoms with E-state index in [1.54, 1.807) is 26.5 Å². The summed E-state index contributed by atoms with van der Waals surface area (Å²) in [6, 6.07) is 19.1. The van der Waals surface area contributed by atoms with Crippen molar-refractivity contribution < 1.29 is 9.47 Å². The maximum absolute atomic E-state index is 6.21. The first-order chi connectivity index (χ1) is 15.1. The third kappa shape index (κ3) is 4.62. The van der Waals surface area contributed by atoms with Crippen molar-refractivity contribution in [2.75, 3.05) is 19.6 Å². The molecule has 4 rings (SSSR count). The van der Waals surface area contributed by atoms with Gasteiger partial charge in [-0.1, -0.05) is 41.9 Å². The van der Waals surface area contributed by atoms with Crippen LogP contribution in [0.25, 0.3) is 22.2 Å². The zero-order valence-electron chi connectivity index (χ0n) is 16.8. The van der Waals surface area contributed by atoms with E-state index in [0.717, 1.165) is 32.2 Å². The van der Waals surface area contributed by atoms with Crippen molar-refractivity contribution in [3.8, 4) is 22.8 Å². The normalized spacial score (nSPS) is 11.1. The van der Waals surface area contributed by atoms with Crippen LogP contribution in [-0.2, 0) is 0 Å². The quantitative estimate of drug-likeness (QED) is 0.255. The highest BCUT2D eigenvalue weighted by Gasteiger charge is 2.11. The van der Waals surface area contributed by atoms with Crippen LogP contribution >= 0.6 is 27.5 Å². The van der Waals surface area contributed by atoms with Crippen molar-refractivity contribution in [3.05, 3.63) is 75.7 Å². The SMILES string of the molecule is COc1cc(C=NNc2nc(-c3ccccc3)c3cc(Cl)ccc3n2)cc(Br)c1OC. The molecule has 6 nitrogen and oxygen atoms in total. The van der Waals surface area contributed by atoms with Crippen LogP contribution < -0.4 is 14.9 Å². The summed E-state index contributed by atoms with van der Waals surface area (Å²) in [6.45, 7) is 0. The summed E-state index contributed by atoms with van der Waals surface area (Å²) in [5.74, 6) is 1.60. The fourth-order valence-electron chi connectivity index (χ4n) is 3.14. The molecular formula is C23H18BrClN4O2. The average molecular weight is 498 g/mol. The molecule has 4 aromatic rings. The van der Waals surface area contributed by atoms with E-state index < -0.39 is 0 Å². The first kappa shape index (κ1) is 21.1. The van der Waals surface area contributed by atoms with E-state index in [-0.39, 0.29) is 0 Å². The maximum Gasteiger partial charge on any atom is 0.244 e. The number of hydrogen-bond donors (Lipinski definition) is 1. The van der Waals surface area contributed by atoms with Crippen LogP contribution in [0.3, 0.4) is 0 Å². The smallest absolute Gasteiger partial charge is 0.244 e. The number of nitrogens with zero attached hydrogens (tertiary/aromatic N) is 3. The highest BCUT2D eigenvalue weighted by Crippen LogP contribution is 2.36. The lowest BCUT2D eigenvalue weighted by Gasteiger charge is -2.10. The van der Waals surface area contributed by atoms with Gasteiger partial charge < -0.3 is 9.47 Å². The third-order valence-corrected chi connectivity index (χ3v) is 5.36. The summed E-state index contributed by atoms with van der Waals surface area (Å²) in [7, 11) is 3.18. The Hall–Kier alpha value is -3.16. The molecule has 31 heavy (non-hydrogen) atoms. The standard InChI is InChI=1S/C23H18BrClN4O2/c1-30-20-11-14(10-18(24)22(20)31-2)13-26-29-23-27-19-9-8-16(25)12-17(19)21(28-23)15-6-4-3-5-7-15/h3-13H,1-2H3,(H,27,28,29). The monoisotopic (exact) mass is 496 g/mol. The van der Waals surface area contributed by atoms with Gasteiger partial charge in [-0.3, -0.25) is 0 Å². The zero-order valence-corrected chi connectivity index (χ0v) is 19.1. The lowest BCUT2D eigenvalue weighted by atomic mass is 10.1. The second-order valence-electron chi connectivity index (χ2n) is 6.53. The van der Waals surface area contributed by atoms with Gasteiger partial charge >= 0.3 is 0 Å². The zero-order chi connectivity index (χ0) is 21.8. The number of ether oxygens (including phenoxy) is 2. The number of aromatic nitrogens is 2. The Kier molecular flexibility index (Phi) is 6.34. The van der Waals surface area contributed by atoms with Crippen LogP contribution in [0.2, 0.25) is 5.02 Å². The molecule has 0 saturated heterocycles. The third-order valence-electron chi connectivity index (χ3n) is 4.54. The van der Waals surface area contributed by atoms with Crippen molar-refractivity contribution in [1.29, 1.82) is 0 Å². The maximum atomic E-state index is 6.21. The van der Waals surface area contributed by atoms with Gasteiger partial charge in [-0.25, -0.2) is 15.4 Å². The van der Waals surface area contributed by atoms with Gasteiger partial charge in [-0.05, 0) is 51.8 Å². The number of methoxy groups -OCH3 is 2. The molecule has 0 saturated carbocycles. The molecule has 0 aliphatic heterocycles. The van der Waals surface area contributed by atoms with Crippen LogP contribution in [0.4, 0.5) is 5.95 Å². The van der Waals surface area contributed by atoms with E-state index in [4.69, 9.17) is 21.1 Å². The van der Waals surface area contributed by atoms with Crippen molar-refractivity contribution in [2.45, 2.75) is 0 Å². The van der Waals surface area contributed by atoms with E-state index in [1.165, 1.54) is 0 Å². The molecule has 8 heteroatoms.